The molecule has 1 N–H and O–H groups in total. The number of nitrogens with one attached hydrogen (secondary N) is 1. The van der Waals surface area contributed by atoms with Gasteiger partial charge in [-0.05, 0) is 6.07 Å². The zero-order chi connectivity index (χ0) is 8.55. The first-order valence-corrected chi connectivity index (χ1v) is 3.65. The van der Waals surface area contributed by atoms with Crippen molar-refractivity contribution in [2.75, 3.05) is 0 Å². The molecule has 1 aliphatic rings. The summed E-state index contributed by atoms with van der Waals surface area (Å²) >= 11 is 0. The van der Waals surface area contributed by atoms with Crippen molar-refractivity contribution in [2.24, 2.45) is 0 Å². The molecule has 0 aromatic heterocycles. The van der Waals surface area contributed by atoms with Gasteiger partial charge in [0.2, 0.25) is 0 Å². The molecule has 4 heteroatoms. The zero-order valence-corrected chi connectivity index (χ0v) is 7.56. The number of hydrogen-bond donors (Lipinski definition) is 1. The minimum Gasteiger partial charge on any atom is -0.422 e. The van der Waals surface area contributed by atoms with Gasteiger partial charge in [-0.3, -0.25) is 5.41 Å². The molecule has 0 fully saturated rings. The first-order valence-electron chi connectivity index (χ1n) is 3.65. The molecule has 0 saturated carbocycles. The Morgan fingerprint density at radius 1 is 1.31 bits per heavy atom. The summed E-state index contributed by atoms with van der Waals surface area (Å²) in [5.41, 5.74) is 0.927. The Morgan fingerprint density at radius 3 is 2.77 bits per heavy atom. The van der Waals surface area contributed by atoms with E-state index in [1.165, 1.54) is 0 Å². The molecule has 0 unspecified atom stereocenters. The van der Waals surface area contributed by atoms with Gasteiger partial charge in [0.1, 0.15) is 11.5 Å². The number of carbonyl (C=O) groups excluding carboxylic acids is 1. The summed E-state index contributed by atoms with van der Waals surface area (Å²) in [5, 5.41) is 7.25. The highest BCUT2D eigenvalue weighted by Crippen LogP contribution is 2.22. The van der Waals surface area contributed by atoms with Crippen molar-refractivity contribution in [3.05, 3.63) is 29.8 Å². The number of fused-ring (bicyclic) bond motifs is 1. The van der Waals surface area contributed by atoms with Crippen molar-refractivity contribution in [1.29, 1.82) is 5.41 Å². The summed E-state index contributed by atoms with van der Waals surface area (Å²) in [5.74, 6) is 0.0483. The molecule has 1 aliphatic heterocycles. The Morgan fingerprint density at radius 2 is 2.00 bits per heavy atom. The fraction of sp³-hybridized carbons (Fsp3) is 0.111. The van der Waals surface area contributed by atoms with Gasteiger partial charge in [0.15, 0.2) is 0 Å². The molecule has 13 heavy (non-hydrogen) atoms. The molecule has 0 saturated heterocycles. The molecule has 1 heterocycles. The molecule has 0 spiro atoms. The summed E-state index contributed by atoms with van der Waals surface area (Å²) in [7, 11) is 0. The normalized spacial score (nSPS) is 14.2. The van der Waals surface area contributed by atoms with Crippen LogP contribution >= 0.6 is 12.4 Å². The van der Waals surface area contributed by atoms with Gasteiger partial charge >= 0.3 is 5.97 Å². The van der Waals surface area contributed by atoms with E-state index in [0.717, 1.165) is 5.56 Å². The third kappa shape index (κ3) is 1.70. The predicted molar refractivity (Wildman–Crippen MR) is 50.8 cm³/mol. The number of benzene rings is 1. The number of para-hydroxylation sites is 1. The second-order valence-electron chi connectivity index (χ2n) is 2.65. The van der Waals surface area contributed by atoms with Crippen LogP contribution in [0.2, 0.25) is 0 Å². The van der Waals surface area contributed by atoms with Gasteiger partial charge in [-0.25, -0.2) is 4.79 Å². The minimum absolute atomic E-state index is 0. The Kier molecular flexibility index (Phi) is 2.68. The van der Waals surface area contributed by atoms with Crippen LogP contribution in [0.25, 0.3) is 0 Å². The van der Waals surface area contributed by atoms with Gasteiger partial charge in [0.25, 0.3) is 0 Å². The summed E-state index contributed by atoms with van der Waals surface area (Å²) in [6.07, 6.45) is 0.384. The van der Waals surface area contributed by atoms with Crippen LogP contribution in [0.3, 0.4) is 0 Å². The van der Waals surface area contributed by atoms with Gasteiger partial charge in [0.05, 0.1) is 0 Å². The molecule has 1 aromatic carbocycles. The lowest BCUT2D eigenvalue weighted by molar-refractivity contribution is -0.127. The van der Waals surface area contributed by atoms with E-state index in [2.05, 4.69) is 0 Å². The number of ether oxygens (including phenoxy) is 1. The van der Waals surface area contributed by atoms with Gasteiger partial charge in [-0.15, -0.1) is 12.4 Å². The van der Waals surface area contributed by atoms with Crippen LogP contribution in [-0.4, -0.2) is 11.7 Å². The van der Waals surface area contributed by atoms with Crippen molar-refractivity contribution in [3.8, 4) is 5.75 Å². The summed E-state index contributed by atoms with van der Waals surface area (Å²) in [6, 6.07) is 7.27. The molecule has 0 aliphatic carbocycles. The highest BCUT2D eigenvalue weighted by Gasteiger charge is 2.21. The molecule has 0 atom stereocenters. The van der Waals surface area contributed by atoms with Crippen molar-refractivity contribution in [2.45, 2.75) is 6.42 Å². The quantitative estimate of drug-likeness (QED) is 0.507. The van der Waals surface area contributed by atoms with Crippen LogP contribution in [0.1, 0.15) is 5.56 Å². The van der Waals surface area contributed by atoms with E-state index in [1.807, 2.05) is 12.1 Å². The molecular formula is C9H8ClNO2. The maximum atomic E-state index is 10.9. The number of carbonyl (C=O) groups is 1. The number of halogens is 1. The van der Waals surface area contributed by atoms with Crippen molar-refractivity contribution >= 4 is 24.1 Å². The molecule has 68 valence electrons. The molecule has 0 amide bonds. The average molecular weight is 198 g/mol. The van der Waals surface area contributed by atoms with Crippen molar-refractivity contribution in [3.63, 3.8) is 0 Å². The van der Waals surface area contributed by atoms with E-state index < -0.39 is 5.97 Å². The SMILES string of the molecule is Cl.N=C1Cc2ccccc2OC1=O. The van der Waals surface area contributed by atoms with Crippen LogP contribution < -0.4 is 4.74 Å². The van der Waals surface area contributed by atoms with Crippen LogP contribution in [0.15, 0.2) is 24.3 Å². The van der Waals surface area contributed by atoms with Crippen LogP contribution in [0, 0.1) is 5.41 Å². The van der Waals surface area contributed by atoms with E-state index in [-0.39, 0.29) is 18.1 Å². The van der Waals surface area contributed by atoms with Crippen LogP contribution in [-0.2, 0) is 11.2 Å². The summed E-state index contributed by atoms with van der Waals surface area (Å²) in [6.45, 7) is 0. The third-order valence-electron chi connectivity index (χ3n) is 1.79. The highest BCUT2D eigenvalue weighted by atomic mass is 35.5. The average Bonchev–Trinajstić information content (AvgIpc) is 2.07. The topological polar surface area (TPSA) is 50.1 Å². The molecule has 2 rings (SSSR count). The molecule has 0 radical (unpaired) electrons. The lowest BCUT2D eigenvalue weighted by Gasteiger charge is -2.14. The van der Waals surface area contributed by atoms with Crippen LogP contribution in [0.4, 0.5) is 0 Å². The summed E-state index contributed by atoms with van der Waals surface area (Å²) in [4.78, 5) is 10.9. The maximum Gasteiger partial charge on any atom is 0.357 e. The zero-order valence-electron chi connectivity index (χ0n) is 6.74. The van der Waals surface area contributed by atoms with Crippen LogP contribution in [0.5, 0.6) is 5.75 Å². The van der Waals surface area contributed by atoms with E-state index in [9.17, 15) is 4.79 Å². The summed E-state index contributed by atoms with van der Waals surface area (Å²) < 4.78 is 4.88. The maximum absolute atomic E-state index is 10.9. The molecule has 1 aromatic rings. The van der Waals surface area contributed by atoms with E-state index in [1.54, 1.807) is 12.1 Å². The number of hydrogen-bond acceptors (Lipinski definition) is 3. The van der Waals surface area contributed by atoms with Gasteiger partial charge in [-0.2, -0.15) is 0 Å². The van der Waals surface area contributed by atoms with Gasteiger partial charge in [0, 0.05) is 12.0 Å². The van der Waals surface area contributed by atoms with Crippen molar-refractivity contribution in [1.82, 2.24) is 0 Å². The second kappa shape index (κ2) is 3.58. The van der Waals surface area contributed by atoms with E-state index in [0.29, 0.717) is 12.2 Å². The fourth-order valence-electron chi connectivity index (χ4n) is 1.17. The first kappa shape index (κ1) is 9.74. The molecule has 3 nitrogen and oxygen atoms in total. The second-order valence-corrected chi connectivity index (χ2v) is 2.65. The fourth-order valence-corrected chi connectivity index (χ4v) is 1.17. The third-order valence-corrected chi connectivity index (χ3v) is 1.79. The standard InChI is InChI=1S/C9H7NO2.ClH/c10-7-5-6-3-1-2-4-8(6)12-9(7)11;/h1-4,10H,5H2;1H. The minimum atomic E-state index is -0.534. The Labute approximate surface area is 81.6 Å². The highest BCUT2D eigenvalue weighted by molar-refractivity contribution is 6.37. The Hall–Kier alpha value is -1.35. The number of esters is 1. The Bertz CT molecular complexity index is 327. The Balaban J connectivity index is 0.000000845. The van der Waals surface area contributed by atoms with Gasteiger partial charge in [-0.1, -0.05) is 18.2 Å². The molecular weight excluding hydrogens is 190 g/mol. The predicted octanol–water partition coefficient (Wildman–Crippen LogP) is 1.59. The lowest BCUT2D eigenvalue weighted by atomic mass is 10.1. The van der Waals surface area contributed by atoms with Gasteiger partial charge < -0.3 is 4.74 Å². The lowest BCUT2D eigenvalue weighted by Crippen LogP contribution is -2.26. The monoisotopic (exact) mass is 197 g/mol. The van der Waals surface area contributed by atoms with Crippen molar-refractivity contribution < 1.29 is 9.53 Å². The first-order chi connectivity index (χ1) is 5.77. The van der Waals surface area contributed by atoms with E-state index in [4.69, 9.17) is 10.1 Å². The number of rotatable bonds is 0. The smallest absolute Gasteiger partial charge is 0.357 e. The van der Waals surface area contributed by atoms with E-state index >= 15 is 0 Å². The molecule has 0 bridgehead atoms. The largest absolute Gasteiger partial charge is 0.422 e.